The molecule has 0 spiro atoms. The van der Waals surface area contributed by atoms with Gasteiger partial charge in [-0.15, -0.1) is 11.3 Å². The van der Waals surface area contributed by atoms with E-state index in [9.17, 15) is 15.3 Å². The fourth-order valence-corrected chi connectivity index (χ4v) is 3.52. The van der Waals surface area contributed by atoms with Crippen LogP contribution in [-0.4, -0.2) is 18.3 Å². The van der Waals surface area contributed by atoms with Gasteiger partial charge in [0.25, 0.3) is 5.56 Å². The molecular formula is C19H19N3O2S. The molecule has 2 rings (SSSR count). The van der Waals surface area contributed by atoms with Gasteiger partial charge in [-0.1, -0.05) is 23.8 Å². The largest absolute Gasteiger partial charge is 0.385 e. The van der Waals surface area contributed by atoms with Crippen molar-refractivity contribution >= 4 is 23.0 Å². The number of nitrogens with zero attached hydrogens (tertiary/aromatic N) is 3. The third-order valence-electron chi connectivity index (χ3n) is 3.80. The van der Waals surface area contributed by atoms with Gasteiger partial charge >= 0.3 is 0 Å². The number of thiazole rings is 1. The molecule has 5 nitrogen and oxygen atoms in total. The second-order valence-electron chi connectivity index (χ2n) is 5.68. The first kappa shape index (κ1) is 18.7. The van der Waals surface area contributed by atoms with Crippen LogP contribution in [0, 0.1) is 36.5 Å². The Morgan fingerprint density at radius 2 is 2.04 bits per heavy atom. The summed E-state index contributed by atoms with van der Waals surface area (Å²) in [6.07, 6.45) is 2.46. The van der Waals surface area contributed by atoms with Crippen LogP contribution in [0.5, 0.6) is 0 Å². The van der Waals surface area contributed by atoms with Crippen LogP contribution in [0.15, 0.2) is 23.0 Å². The molecule has 0 unspecified atom stereocenters. The predicted molar refractivity (Wildman–Crippen MR) is 98.4 cm³/mol. The zero-order valence-corrected chi connectivity index (χ0v) is 15.3. The Labute approximate surface area is 150 Å². The van der Waals surface area contributed by atoms with Crippen molar-refractivity contribution in [2.75, 3.05) is 13.7 Å². The van der Waals surface area contributed by atoms with Gasteiger partial charge < -0.3 is 4.74 Å². The van der Waals surface area contributed by atoms with E-state index >= 15 is 0 Å². The summed E-state index contributed by atoms with van der Waals surface area (Å²) in [6, 6.07) is 9.82. The molecule has 0 saturated carbocycles. The molecule has 0 amide bonds. The first-order valence-electron chi connectivity index (χ1n) is 7.84. The Morgan fingerprint density at radius 3 is 2.68 bits per heavy atom. The number of ether oxygens (including phenoxy) is 1. The summed E-state index contributed by atoms with van der Waals surface area (Å²) >= 11 is 1.18. The van der Waals surface area contributed by atoms with Crippen LogP contribution in [-0.2, 0) is 11.3 Å². The molecule has 128 valence electrons. The van der Waals surface area contributed by atoms with Gasteiger partial charge in [-0.2, -0.15) is 10.5 Å². The monoisotopic (exact) mass is 353 g/mol. The number of aryl methyl sites for hydroxylation is 2. The van der Waals surface area contributed by atoms with Gasteiger partial charge in [0, 0.05) is 20.3 Å². The lowest BCUT2D eigenvalue weighted by Crippen LogP contribution is -2.32. The Hall–Kier alpha value is -2.67. The Morgan fingerprint density at radius 1 is 1.32 bits per heavy atom. The number of nitriles is 2. The fourth-order valence-electron chi connectivity index (χ4n) is 2.45. The summed E-state index contributed by atoms with van der Waals surface area (Å²) in [5.74, 6) is 0. The van der Waals surface area contributed by atoms with E-state index in [2.05, 4.69) is 0 Å². The first-order chi connectivity index (χ1) is 12.0. The number of benzene rings is 1. The summed E-state index contributed by atoms with van der Waals surface area (Å²) < 4.78 is 7.46. The van der Waals surface area contributed by atoms with Crippen LogP contribution in [0.3, 0.4) is 0 Å². The predicted octanol–water partition coefficient (Wildman–Crippen LogP) is 1.59. The molecular weight excluding hydrogens is 334 g/mol. The maximum absolute atomic E-state index is 12.8. The highest BCUT2D eigenvalue weighted by molar-refractivity contribution is 7.07. The van der Waals surface area contributed by atoms with Crippen molar-refractivity contribution < 1.29 is 4.74 Å². The van der Waals surface area contributed by atoms with Crippen molar-refractivity contribution in [3.8, 4) is 12.1 Å². The molecule has 1 aromatic heterocycles. The van der Waals surface area contributed by atoms with Crippen molar-refractivity contribution in [2.45, 2.75) is 26.8 Å². The zero-order chi connectivity index (χ0) is 18.4. The molecule has 0 bridgehead atoms. The molecule has 0 saturated heterocycles. The van der Waals surface area contributed by atoms with Gasteiger partial charge in [-0.25, -0.2) is 0 Å². The summed E-state index contributed by atoms with van der Waals surface area (Å²) in [5, 5.41) is 18.4. The minimum atomic E-state index is -0.181. The van der Waals surface area contributed by atoms with E-state index in [1.165, 1.54) is 15.9 Å². The van der Waals surface area contributed by atoms with Crippen molar-refractivity contribution in [3.63, 3.8) is 0 Å². The molecule has 6 heteroatoms. The lowest BCUT2D eigenvalue weighted by Gasteiger charge is -2.01. The van der Waals surface area contributed by atoms with Crippen molar-refractivity contribution in [1.82, 2.24) is 4.57 Å². The van der Waals surface area contributed by atoms with Gasteiger partial charge in [0.1, 0.15) is 16.8 Å². The van der Waals surface area contributed by atoms with E-state index in [1.807, 2.05) is 50.3 Å². The number of hydrogen-bond donors (Lipinski definition) is 0. The lowest BCUT2D eigenvalue weighted by molar-refractivity contribution is 0.190. The molecule has 0 atom stereocenters. The van der Waals surface area contributed by atoms with Crippen LogP contribution in [0.25, 0.3) is 11.6 Å². The van der Waals surface area contributed by atoms with Crippen molar-refractivity contribution in [1.29, 1.82) is 10.5 Å². The number of aromatic nitrogens is 1. The first-order valence-corrected chi connectivity index (χ1v) is 8.65. The van der Waals surface area contributed by atoms with E-state index < -0.39 is 0 Å². The minimum absolute atomic E-state index is 0.0415. The lowest BCUT2D eigenvalue weighted by atomic mass is 10.1. The molecule has 0 aliphatic carbocycles. The third-order valence-corrected chi connectivity index (χ3v) is 4.93. The smallest absolute Gasteiger partial charge is 0.269 e. The third kappa shape index (κ3) is 4.24. The highest BCUT2D eigenvalue weighted by Crippen LogP contribution is 2.11. The maximum atomic E-state index is 12.8. The normalized spacial score (nSPS) is 11.2. The van der Waals surface area contributed by atoms with E-state index in [0.29, 0.717) is 28.8 Å². The second-order valence-corrected chi connectivity index (χ2v) is 6.71. The Bertz CT molecular complexity index is 1020. The molecule has 1 aromatic carbocycles. The highest BCUT2D eigenvalue weighted by atomic mass is 32.1. The second kappa shape index (κ2) is 8.43. The van der Waals surface area contributed by atoms with Crippen LogP contribution in [0.1, 0.15) is 23.1 Å². The summed E-state index contributed by atoms with van der Waals surface area (Å²) in [4.78, 5) is 12.8. The van der Waals surface area contributed by atoms with Crippen molar-refractivity contribution in [3.05, 3.63) is 54.4 Å². The van der Waals surface area contributed by atoms with E-state index in [4.69, 9.17) is 4.74 Å². The minimum Gasteiger partial charge on any atom is -0.385 e. The topological polar surface area (TPSA) is 78.8 Å². The van der Waals surface area contributed by atoms with Gasteiger partial charge in [-0.3, -0.25) is 9.36 Å². The molecule has 0 N–H and O–H groups in total. The summed E-state index contributed by atoms with van der Waals surface area (Å²) in [7, 11) is 1.60. The van der Waals surface area contributed by atoms with E-state index in [-0.39, 0.29) is 11.1 Å². The van der Waals surface area contributed by atoms with Crippen LogP contribution < -0.4 is 14.8 Å². The zero-order valence-electron chi connectivity index (χ0n) is 14.5. The van der Waals surface area contributed by atoms with Crippen LogP contribution in [0.4, 0.5) is 0 Å². The molecule has 0 aliphatic heterocycles. The van der Waals surface area contributed by atoms with Gasteiger partial charge in [0.05, 0.1) is 4.53 Å². The molecule has 25 heavy (non-hydrogen) atoms. The number of methoxy groups -OCH3 is 1. The van der Waals surface area contributed by atoms with Gasteiger partial charge in [-0.05, 0) is 37.5 Å². The molecule has 0 radical (unpaired) electrons. The average Bonchev–Trinajstić information content (AvgIpc) is 2.89. The van der Waals surface area contributed by atoms with Gasteiger partial charge in [0.2, 0.25) is 0 Å². The maximum Gasteiger partial charge on any atom is 0.269 e. The van der Waals surface area contributed by atoms with Crippen molar-refractivity contribution in [2.24, 2.45) is 0 Å². The van der Waals surface area contributed by atoms with E-state index in [0.717, 1.165) is 16.7 Å². The molecule has 0 fully saturated rings. The van der Waals surface area contributed by atoms with E-state index in [1.54, 1.807) is 7.11 Å². The Kier molecular flexibility index (Phi) is 6.30. The highest BCUT2D eigenvalue weighted by Gasteiger charge is 2.09. The summed E-state index contributed by atoms with van der Waals surface area (Å²) in [5.41, 5.74) is 2.91. The Balaban J connectivity index is 2.72. The van der Waals surface area contributed by atoms with Gasteiger partial charge in [0.15, 0.2) is 5.57 Å². The summed E-state index contributed by atoms with van der Waals surface area (Å²) in [6.45, 7) is 4.90. The molecule has 1 heterocycles. The van der Waals surface area contributed by atoms with Crippen LogP contribution >= 0.6 is 11.3 Å². The number of rotatable bonds is 5. The average molecular weight is 353 g/mol. The fraction of sp³-hybridized carbons (Fsp3) is 0.316. The number of hydrogen-bond acceptors (Lipinski definition) is 5. The molecule has 0 aliphatic rings. The standard InChI is InChI=1S/C19H19N3O2S/c1-13-5-6-14(2)15(9-13)10-17-18(23)22(7-4-8-24-3)19(25-17)16(11-20)12-21/h5-6,9-10H,4,7-8H2,1-3H3. The molecule has 2 aromatic rings. The quantitative estimate of drug-likeness (QED) is 0.765. The van der Waals surface area contributed by atoms with Crippen LogP contribution in [0.2, 0.25) is 0 Å². The SMILES string of the molecule is COCCCn1c(=C(C#N)C#N)sc(=Cc2cc(C)ccc2C)c1=O.